The molecule has 0 aliphatic carbocycles. The van der Waals surface area contributed by atoms with Gasteiger partial charge in [0.05, 0.1) is 5.69 Å². The van der Waals surface area contributed by atoms with Crippen molar-refractivity contribution < 1.29 is 19.6 Å². The van der Waals surface area contributed by atoms with Crippen molar-refractivity contribution in [3.8, 4) is 11.3 Å². The molecule has 0 radical (unpaired) electrons. The summed E-state index contributed by atoms with van der Waals surface area (Å²) in [5, 5.41) is 15.3. The van der Waals surface area contributed by atoms with Crippen molar-refractivity contribution >= 4 is 17.7 Å². The summed E-state index contributed by atoms with van der Waals surface area (Å²) in [7, 11) is 4.45. The number of rotatable bonds is 5. The summed E-state index contributed by atoms with van der Waals surface area (Å²) in [6.07, 6.45) is 1.81. The molecule has 0 bridgehead atoms. The van der Waals surface area contributed by atoms with Crippen LogP contribution in [0.2, 0.25) is 0 Å². The monoisotopic (exact) mass is 345 g/mol. The fraction of sp³-hybridized carbons (Fsp3) is 0.250. The lowest BCUT2D eigenvalue weighted by molar-refractivity contribution is -0.140. The van der Waals surface area contributed by atoms with Crippen LogP contribution >= 0.6 is 0 Å². The van der Waals surface area contributed by atoms with Gasteiger partial charge in [-0.05, 0) is 18.2 Å². The Morgan fingerprint density at radius 3 is 2.28 bits per heavy atom. The van der Waals surface area contributed by atoms with Crippen molar-refractivity contribution in [1.82, 2.24) is 25.5 Å². The first-order chi connectivity index (χ1) is 11.9. The van der Waals surface area contributed by atoms with Gasteiger partial charge >= 0.3 is 0 Å². The van der Waals surface area contributed by atoms with Gasteiger partial charge in [-0.1, -0.05) is 12.1 Å². The van der Waals surface area contributed by atoms with Crippen LogP contribution in [-0.2, 0) is 16.6 Å². The number of aromatic nitrogens is 2. The van der Waals surface area contributed by atoms with Gasteiger partial charge in [0.25, 0.3) is 17.7 Å². The molecule has 0 fully saturated rings. The predicted octanol–water partition coefficient (Wildman–Crippen LogP) is -0.221. The summed E-state index contributed by atoms with van der Waals surface area (Å²) in [5.41, 5.74) is 3.28. The largest absolute Gasteiger partial charge is 0.357 e. The Bertz CT molecular complexity index is 768. The van der Waals surface area contributed by atoms with Crippen molar-refractivity contribution in [2.45, 2.75) is 6.04 Å². The summed E-state index contributed by atoms with van der Waals surface area (Å²) in [5.74, 6) is -2.25. The molecule has 2 rings (SSSR count). The zero-order valence-electron chi connectivity index (χ0n) is 14.1. The number of nitrogens with one attached hydrogen (secondary N) is 2. The van der Waals surface area contributed by atoms with Crippen LogP contribution in [0, 0.1) is 0 Å². The number of benzene rings is 1. The van der Waals surface area contributed by atoms with Crippen molar-refractivity contribution in [3.63, 3.8) is 0 Å². The molecule has 9 nitrogen and oxygen atoms in total. The second-order valence-electron chi connectivity index (χ2n) is 5.36. The molecule has 0 saturated carbocycles. The summed E-state index contributed by atoms with van der Waals surface area (Å²) in [4.78, 5) is 37.0. The van der Waals surface area contributed by atoms with E-state index in [1.165, 1.54) is 19.6 Å². The van der Waals surface area contributed by atoms with Gasteiger partial charge < -0.3 is 10.2 Å². The molecule has 1 aromatic carbocycles. The summed E-state index contributed by atoms with van der Waals surface area (Å²) in [6.45, 7) is 0. The third kappa shape index (κ3) is 3.83. The lowest BCUT2D eigenvalue weighted by atomic mass is 10.1. The van der Waals surface area contributed by atoms with Gasteiger partial charge in [-0.3, -0.25) is 24.3 Å². The minimum atomic E-state index is -1.49. The standard InChI is InChI=1S/C16H19N5O4/c1-17-14(22)13(15(23)19-25)21(3)16(24)11-6-4-10(5-7-11)12-8-9-20(2)18-12/h4-9,13,25H,1-3H3,(H,17,22)(H,19,23). The Morgan fingerprint density at radius 2 is 1.80 bits per heavy atom. The maximum absolute atomic E-state index is 12.5. The van der Waals surface area contributed by atoms with Crippen LogP contribution in [0.25, 0.3) is 11.3 Å². The molecule has 1 aromatic heterocycles. The van der Waals surface area contributed by atoms with E-state index in [1.807, 2.05) is 19.3 Å². The lowest BCUT2D eigenvalue weighted by Crippen LogP contribution is -2.54. The van der Waals surface area contributed by atoms with Crippen LogP contribution < -0.4 is 10.8 Å². The number of hydroxylamine groups is 1. The number of carbonyl (C=O) groups excluding carboxylic acids is 3. The average Bonchev–Trinajstić information content (AvgIpc) is 3.07. The zero-order chi connectivity index (χ0) is 18.6. The molecule has 1 atom stereocenters. The second kappa shape index (κ2) is 7.58. The molecule has 3 N–H and O–H groups in total. The molecular formula is C16H19N5O4. The maximum atomic E-state index is 12.5. The fourth-order valence-electron chi connectivity index (χ4n) is 2.34. The Kier molecular flexibility index (Phi) is 5.50. The quantitative estimate of drug-likeness (QED) is 0.393. The molecule has 0 aliphatic heterocycles. The van der Waals surface area contributed by atoms with Gasteiger partial charge in [0, 0.05) is 38.5 Å². The molecule has 2 aromatic rings. The Balaban J connectivity index is 2.23. The predicted molar refractivity (Wildman–Crippen MR) is 88.5 cm³/mol. The van der Waals surface area contributed by atoms with E-state index in [9.17, 15) is 14.4 Å². The van der Waals surface area contributed by atoms with Gasteiger partial charge in [-0.25, -0.2) is 5.48 Å². The van der Waals surface area contributed by atoms with Crippen LogP contribution in [0.3, 0.4) is 0 Å². The number of carbonyl (C=O) groups is 3. The molecular weight excluding hydrogens is 326 g/mol. The van der Waals surface area contributed by atoms with Gasteiger partial charge in [0.1, 0.15) is 0 Å². The summed E-state index contributed by atoms with van der Waals surface area (Å²) in [6, 6.07) is 6.98. The summed E-state index contributed by atoms with van der Waals surface area (Å²) < 4.78 is 1.67. The zero-order valence-corrected chi connectivity index (χ0v) is 14.1. The van der Waals surface area contributed by atoms with Crippen molar-refractivity contribution in [2.75, 3.05) is 14.1 Å². The van der Waals surface area contributed by atoms with Crippen LogP contribution in [0.15, 0.2) is 36.5 Å². The second-order valence-corrected chi connectivity index (χ2v) is 5.36. The van der Waals surface area contributed by atoms with E-state index >= 15 is 0 Å². The number of nitrogens with zero attached hydrogens (tertiary/aromatic N) is 3. The SMILES string of the molecule is CNC(=O)C(C(=O)NO)N(C)C(=O)c1ccc(-c2ccn(C)n2)cc1. The minimum absolute atomic E-state index is 0.293. The Hall–Kier alpha value is -3.20. The van der Waals surface area contributed by atoms with Gasteiger partial charge in [0.15, 0.2) is 6.04 Å². The molecule has 25 heavy (non-hydrogen) atoms. The molecule has 0 aliphatic rings. The van der Waals surface area contributed by atoms with E-state index in [4.69, 9.17) is 5.21 Å². The third-order valence-corrected chi connectivity index (χ3v) is 3.70. The van der Waals surface area contributed by atoms with E-state index in [0.29, 0.717) is 5.56 Å². The van der Waals surface area contributed by atoms with E-state index in [2.05, 4.69) is 10.4 Å². The van der Waals surface area contributed by atoms with Gasteiger partial charge in [-0.2, -0.15) is 5.10 Å². The number of hydrogen-bond donors (Lipinski definition) is 3. The molecule has 1 heterocycles. The highest BCUT2D eigenvalue weighted by Gasteiger charge is 2.33. The van der Waals surface area contributed by atoms with Crippen molar-refractivity contribution in [1.29, 1.82) is 0 Å². The molecule has 1 unspecified atom stereocenters. The molecule has 132 valence electrons. The molecule has 0 saturated heterocycles. The highest BCUT2D eigenvalue weighted by molar-refractivity contribution is 6.08. The fourth-order valence-corrected chi connectivity index (χ4v) is 2.34. The Morgan fingerprint density at radius 1 is 1.16 bits per heavy atom. The van der Waals surface area contributed by atoms with Crippen LogP contribution in [-0.4, -0.2) is 57.7 Å². The number of hydrogen-bond acceptors (Lipinski definition) is 5. The Labute approximate surface area is 144 Å². The maximum Gasteiger partial charge on any atom is 0.275 e. The summed E-state index contributed by atoms with van der Waals surface area (Å²) >= 11 is 0. The number of amides is 3. The van der Waals surface area contributed by atoms with E-state index in [0.717, 1.165) is 16.2 Å². The minimum Gasteiger partial charge on any atom is -0.357 e. The normalized spacial score (nSPS) is 11.5. The van der Waals surface area contributed by atoms with Gasteiger partial charge in [-0.15, -0.1) is 0 Å². The van der Waals surface area contributed by atoms with E-state index in [-0.39, 0.29) is 0 Å². The van der Waals surface area contributed by atoms with Crippen molar-refractivity contribution in [2.24, 2.45) is 7.05 Å². The molecule has 9 heteroatoms. The highest BCUT2D eigenvalue weighted by atomic mass is 16.5. The smallest absolute Gasteiger partial charge is 0.275 e. The lowest BCUT2D eigenvalue weighted by Gasteiger charge is -2.25. The number of likely N-dealkylation sites (N-methyl/N-ethyl adjacent to an activating group) is 2. The highest BCUT2D eigenvalue weighted by Crippen LogP contribution is 2.18. The van der Waals surface area contributed by atoms with Crippen LogP contribution in [0.1, 0.15) is 10.4 Å². The van der Waals surface area contributed by atoms with Crippen molar-refractivity contribution in [3.05, 3.63) is 42.1 Å². The first-order valence-electron chi connectivity index (χ1n) is 7.41. The average molecular weight is 345 g/mol. The topological polar surface area (TPSA) is 117 Å². The number of aryl methyl sites for hydroxylation is 1. The first kappa shape index (κ1) is 18.1. The molecule has 0 spiro atoms. The third-order valence-electron chi connectivity index (χ3n) is 3.70. The van der Waals surface area contributed by atoms with E-state index < -0.39 is 23.8 Å². The van der Waals surface area contributed by atoms with Gasteiger partial charge in [0.2, 0.25) is 0 Å². The molecule has 3 amide bonds. The van der Waals surface area contributed by atoms with Crippen LogP contribution in [0.5, 0.6) is 0 Å². The van der Waals surface area contributed by atoms with Crippen LogP contribution in [0.4, 0.5) is 0 Å². The first-order valence-corrected chi connectivity index (χ1v) is 7.41. The van der Waals surface area contributed by atoms with E-state index in [1.54, 1.807) is 28.9 Å².